The molecule has 0 saturated heterocycles. The van der Waals surface area contributed by atoms with Gasteiger partial charge in [0.25, 0.3) is 0 Å². The Morgan fingerprint density at radius 2 is 1.71 bits per heavy atom. The van der Waals surface area contributed by atoms with Gasteiger partial charge in [-0.2, -0.15) is 9.61 Å². The van der Waals surface area contributed by atoms with Crippen molar-refractivity contribution >= 4 is 11.5 Å². The van der Waals surface area contributed by atoms with Gasteiger partial charge < -0.3 is 14.8 Å². The number of rotatable bonds is 7. The smallest absolute Gasteiger partial charge is 0.165 e. The van der Waals surface area contributed by atoms with E-state index in [1.165, 1.54) is 5.56 Å². The number of benzene rings is 2. The molecule has 2 aromatic heterocycles. The number of ether oxygens (including phenoxy) is 2. The van der Waals surface area contributed by atoms with Gasteiger partial charge in [-0.25, -0.2) is 4.98 Å². The standard InChI is InChI=1S/C25H28N4O2/c1-16(19-9-7-6-8-10-19)15-26-23-13-17(2)27-25-24(18(3)28-29(23)25)20-11-12-21(30-4)22(14-20)31-5/h6-14,16,26H,15H2,1-5H3/t16-/m1/s1. The van der Waals surface area contributed by atoms with Crippen molar-refractivity contribution in [1.29, 1.82) is 0 Å². The lowest BCUT2D eigenvalue weighted by Gasteiger charge is -2.15. The Labute approximate surface area is 182 Å². The first-order valence-corrected chi connectivity index (χ1v) is 10.4. The second kappa shape index (κ2) is 8.68. The average molecular weight is 417 g/mol. The van der Waals surface area contributed by atoms with Crippen LogP contribution in [0.25, 0.3) is 16.8 Å². The number of nitrogens with one attached hydrogen (secondary N) is 1. The molecular weight excluding hydrogens is 388 g/mol. The van der Waals surface area contributed by atoms with Gasteiger partial charge in [0.15, 0.2) is 17.1 Å². The summed E-state index contributed by atoms with van der Waals surface area (Å²) >= 11 is 0. The molecule has 160 valence electrons. The molecule has 0 aliphatic rings. The molecule has 0 aliphatic carbocycles. The van der Waals surface area contributed by atoms with Crippen LogP contribution in [0.3, 0.4) is 0 Å². The molecule has 6 nitrogen and oxygen atoms in total. The summed E-state index contributed by atoms with van der Waals surface area (Å²) in [5, 5.41) is 8.37. The van der Waals surface area contributed by atoms with Crippen LogP contribution in [0.1, 0.15) is 29.8 Å². The average Bonchev–Trinajstić information content (AvgIpc) is 3.12. The van der Waals surface area contributed by atoms with E-state index in [-0.39, 0.29) is 0 Å². The first kappa shape index (κ1) is 20.7. The monoisotopic (exact) mass is 416 g/mol. The predicted octanol–water partition coefficient (Wildman–Crippen LogP) is 5.25. The summed E-state index contributed by atoms with van der Waals surface area (Å²) in [6, 6.07) is 18.4. The van der Waals surface area contributed by atoms with Crippen molar-refractivity contribution in [2.75, 3.05) is 26.1 Å². The van der Waals surface area contributed by atoms with Gasteiger partial charge in [-0.3, -0.25) is 0 Å². The van der Waals surface area contributed by atoms with Gasteiger partial charge in [0.05, 0.1) is 19.9 Å². The third kappa shape index (κ3) is 4.06. The maximum atomic E-state index is 5.50. The van der Waals surface area contributed by atoms with Crippen LogP contribution in [0.4, 0.5) is 5.82 Å². The van der Waals surface area contributed by atoms with Crippen LogP contribution in [0.5, 0.6) is 11.5 Å². The molecule has 0 bridgehead atoms. The van der Waals surface area contributed by atoms with E-state index < -0.39 is 0 Å². The Morgan fingerprint density at radius 3 is 2.42 bits per heavy atom. The van der Waals surface area contributed by atoms with Crippen LogP contribution in [0, 0.1) is 13.8 Å². The molecule has 1 atom stereocenters. The Morgan fingerprint density at radius 1 is 0.968 bits per heavy atom. The molecule has 0 aliphatic heterocycles. The SMILES string of the molecule is COc1ccc(-c2c(C)nn3c(NC[C@@H](C)c4ccccc4)cc(C)nc23)cc1OC. The van der Waals surface area contributed by atoms with E-state index >= 15 is 0 Å². The zero-order valence-electron chi connectivity index (χ0n) is 18.6. The number of hydrogen-bond donors (Lipinski definition) is 1. The van der Waals surface area contributed by atoms with E-state index in [0.29, 0.717) is 17.4 Å². The van der Waals surface area contributed by atoms with Gasteiger partial charge in [-0.1, -0.05) is 43.3 Å². The van der Waals surface area contributed by atoms with Gasteiger partial charge in [-0.05, 0) is 43.0 Å². The van der Waals surface area contributed by atoms with Gasteiger partial charge >= 0.3 is 0 Å². The Hall–Kier alpha value is -3.54. The number of anilines is 1. The summed E-state index contributed by atoms with van der Waals surface area (Å²) in [5.74, 6) is 2.68. The normalized spacial score (nSPS) is 12.0. The highest BCUT2D eigenvalue weighted by Crippen LogP contribution is 2.35. The molecule has 0 unspecified atom stereocenters. The molecule has 4 aromatic rings. The van der Waals surface area contributed by atoms with Gasteiger partial charge in [0, 0.05) is 23.9 Å². The minimum Gasteiger partial charge on any atom is -0.493 e. The van der Waals surface area contributed by atoms with Crippen LogP contribution in [0.2, 0.25) is 0 Å². The summed E-state index contributed by atoms with van der Waals surface area (Å²) in [7, 11) is 3.28. The molecule has 2 heterocycles. The second-order valence-corrected chi connectivity index (χ2v) is 7.74. The highest BCUT2D eigenvalue weighted by molar-refractivity contribution is 5.82. The van der Waals surface area contributed by atoms with Crippen molar-refractivity contribution in [3.05, 3.63) is 71.5 Å². The molecule has 0 spiro atoms. The van der Waals surface area contributed by atoms with Gasteiger partial charge in [-0.15, -0.1) is 0 Å². The molecular formula is C25H28N4O2. The quantitative estimate of drug-likeness (QED) is 0.446. The Bertz CT molecular complexity index is 1200. The number of aryl methyl sites for hydroxylation is 2. The van der Waals surface area contributed by atoms with E-state index in [1.807, 2.05) is 48.7 Å². The minimum absolute atomic E-state index is 0.367. The lowest BCUT2D eigenvalue weighted by molar-refractivity contribution is 0.355. The van der Waals surface area contributed by atoms with Crippen LogP contribution >= 0.6 is 0 Å². The molecule has 31 heavy (non-hydrogen) atoms. The van der Waals surface area contributed by atoms with Crippen molar-refractivity contribution in [1.82, 2.24) is 14.6 Å². The van der Waals surface area contributed by atoms with E-state index in [2.05, 4.69) is 36.5 Å². The maximum Gasteiger partial charge on any atom is 0.165 e. The molecule has 0 radical (unpaired) electrons. The van der Waals surface area contributed by atoms with E-state index in [4.69, 9.17) is 19.6 Å². The van der Waals surface area contributed by atoms with Crippen molar-refractivity contribution < 1.29 is 9.47 Å². The fraction of sp³-hybridized carbons (Fsp3) is 0.280. The van der Waals surface area contributed by atoms with Crippen LogP contribution < -0.4 is 14.8 Å². The zero-order chi connectivity index (χ0) is 22.0. The number of methoxy groups -OCH3 is 2. The Balaban J connectivity index is 1.72. The predicted molar refractivity (Wildman–Crippen MR) is 124 cm³/mol. The number of nitrogens with zero attached hydrogens (tertiary/aromatic N) is 3. The molecule has 4 rings (SSSR count). The summed E-state index contributed by atoms with van der Waals surface area (Å²) in [5.41, 5.74) is 5.95. The number of aromatic nitrogens is 3. The highest BCUT2D eigenvalue weighted by Gasteiger charge is 2.18. The first-order chi connectivity index (χ1) is 15.0. The summed E-state index contributed by atoms with van der Waals surface area (Å²) < 4.78 is 12.8. The van der Waals surface area contributed by atoms with E-state index in [0.717, 1.165) is 40.5 Å². The number of fused-ring (bicyclic) bond motifs is 1. The lowest BCUT2D eigenvalue weighted by Crippen LogP contribution is -2.13. The molecule has 0 amide bonds. The van der Waals surface area contributed by atoms with Crippen LogP contribution in [-0.2, 0) is 0 Å². The largest absolute Gasteiger partial charge is 0.493 e. The van der Waals surface area contributed by atoms with Crippen molar-refractivity contribution in [3.63, 3.8) is 0 Å². The van der Waals surface area contributed by atoms with Crippen LogP contribution in [-0.4, -0.2) is 35.4 Å². The molecule has 0 saturated carbocycles. The summed E-state index contributed by atoms with van der Waals surface area (Å²) in [6.07, 6.45) is 0. The number of hydrogen-bond acceptors (Lipinski definition) is 5. The fourth-order valence-electron chi connectivity index (χ4n) is 3.86. The highest BCUT2D eigenvalue weighted by atomic mass is 16.5. The van der Waals surface area contributed by atoms with Gasteiger partial charge in [0.1, 0.15) is 5.82 Å². The molecule has 2 aromatic carbocycles. The van der Waals surface area contributed by atoms with E-state index in [9.17, 15) is 0 Å². The lowest BCUT2D eigenvalue weighted by atomic mass is 10.0. The molecule has 0 fully saturated rings. The minimum atomic E-state index is 0.367. The first-order valence-electron chi connectivity index (χ1n) is 10.4. The van der Waals surface area contributed by atoms with Crippen LogP contribution in [0.15, 0.2) is 54.6 Å². The van der Waals surface area contributed by atoms with E-state index in [1.54, 1.807) is 14.2 Å². The summed E-state index contributed by atoms with van der Waals surface area (Å²) in [6.45, 7) is 7.03. The topological polar surface area (TPSA) is 60.7 Å². The summed E-state index contributed by atoms with van der Waals surface area (Å²) in [4.78, 5) is 4.81. The Kier molecular flexibility index (Phi) is 5.80. The third-order valence-electron chi connectivity index (χ3n) is 5.52. The van der Waals surface area contributed by atoms with Crippen molar-refractivity contribution in [3.8, 4) is 22.6 Å². The molecule has 1 N–H and O–H groups in total. The second-order valence-electron chi connectivity index (χ2n) is 7.74. The third-order valence-corrected chi connectivity index (χ3v) is 5.52. The fourth-order valence-corrected chi connectivity index (χ4v) is 3.86. The maximum absolute atomic E-state index is 5.50. The zero-order valence-corrected chi connectivity index (χ0v) is 18.6. The molecule has 6 heteroatoms. The van der Waals surface area contributed by atoms with Crippen molar-refractivity contribution in [2.24, 2.45) is 0 Å². The van der Waals surface area contributed by atoms with Gasteiger partial charge in [0.2, 0.25) is 0 Å². The van der Waals surface area contributed by atoms with Crippen molar-refractivity contribution in [2.45, 2.75) is 26.7 Å².